The fourth-order valence-electron chi connectivity index (χ4n) is 2.97. The first kappa shape index (κ1) is 18.0. The molecule has 0 spiro atoms. The molecule has 4 heteroatoms. The Balaban J connectivity index is 1.93. The Labute approximate surface area is 129 Å². The summed E-state index contributed by atoms with van der Waals surface area (Å²) in [4.78, 5) is 24.6. The zero-order valence-corrected chi connectivity index (χ0v) is 13.6. The Bertz CT molecular complexity index is 318. The minimum atomic E-state index is -0.339. The third-order valence-electron chi connectivity index (χ3n) is 4.40. The van der Waals surface area contributed by atoms with Crippen LogP contribution in [0.5, 0.6) is 0 Å². The number of nitrogens with two attached hydrogens (primary N) is 1. The Kier molecular flexibility index (Phi) is 9.11. The van der Waals surface area contributed by atoms with Gasteiger partial charge in [0.25, 0.3) is 0 Å². The molecule has 0 aromatic rings. The van der Waals surface area contributed by atoms with Crippen LogP contribution in [0, 0.1) is 5.92 Å². The van der Waals surface area contributed by atoms with E-state index >= 15 is 0 Å². The number of nitrogens with zero attached hydrogens (tertiary/aromatic N) is 1. The maximum atomic E-state index is 11.7. The van der Waals surface area contributed by atoms with Gasteiger partial charge >= 0.3 is 0 Å². The van der Waals surface area contributed by atoms with Crippen LogP contribution in [-0.2, 0) is 9.59 Å². The molecule has 1 rings (SSSR count). The molecular formula is C17H32N2O2. The largest absolute Gasteiger partial charge is 0.369 e. The van der Waals surface area contributed by atoms with Gasteiger partial charge in [0.15, 0.2) is 0 Å². The topological polar surface area (TPSA) is 63.4 Å². The molecule has 0 aromatic carbocycles. The van der Waals surface area contributed by atoms with Crippen LogP contribution in [0.1, 0.15) is 77.6 Å². The first-order valence-electron chi connectivity index (χ1n) is 8.72. The van der Waals surface area contributed by atoms with E-state index < -0.39 is 0 Å². The van der Waals surface area contributed by atoms with Crippen LogP contribution in [-0.4, -0.2) is 29.8 Å². The quantitative estimate of drug-likeness (QED) is 0.562. The summed E-state index contributed by atoms with van der Waals surface area (Å²) < 4.78 is 0. The molecule has 0 aliphatic carbocycles. The van der Waals surface area contributed by atoms with Gasteiger partial charge in [-0.2, -0.15) is 0 Å². The molecule has 1 aliphatic rings. The molecule has 0 aromatic heterocycles. The molecule has 0 bridgehead atoms. The molecule has 1 unspecified atom stereocenters. The van der Waals surface area contributed by atoms with Gasteiger partial charge < -0.3 is 10.6 Å². The third kappa shape index (κ3) is 7.49. The van der Waals surface area contributed by atoms with Crippen LogP contribution in [0.15, 0.2) is 0 Å². The lowest BCUT2D eigenvalue weighted by Gasteiger charge is -2.15. The van der Waals surface area contributed by atoms with Crippen molar-refractivity contribution in [1.29, 1.82) is 0 Å². The summed E-state index contributed by atoms with van der Waals surface area (Å²) in [5.74, 6) is -0.510. The number of carbonyl (C=O) groups is 2. The predicted octanol–water partition coefficient (Wildman–Crippen LogP) is 3.24. The van der Waals surface area contributed by atoms with Gasteiger partial charge in [-0.05, 0) is 6.42 Å². The third-order valence-corrected chi connectivity index (χ3v) is 4.40. The van der Waals surface area contributed by atoms with Crippen molar-refractivity contribution in [3.63, 3.8) is 0 Å². The van der Waals surface area contributed by atoms with Crippen LogP contribution < -0.4 is 5.73 Å². The number of amides is 2. The van der Waals surface area contributed by atoms with Gasteiger partial charge in [-0.15, -0.1) is 0 Å². The summed E-state index contributed by atoms with van der Waals surface area (Å²) in [6.45, 7) is 3.57. The standard InChI is InChI=1S/C17H32N2O2/c1-2-3-4-5-6-7-8-9-10-11-12-19-14-15(17(18)21)13-16(19)20/h15H,2-14H2,1H3,(H2,18,21). The summed E-state index contributed by atoms with van der Waals surface area (Å²) in [5, 5.41) is 0. The highest BCUT2D eigenvalue weighted by atomic mass is 16.2. The van der Waals surface area contributed by atoms with Crippen molar-refractivity contribution in [3.05, 3.63) is 0 Å². The highest BCUT2D eigenvalue weighted by molar-refractivity contribution is 5.88. The van der Waals surface area contributed by atoms with E-state index in [1.54, 1.807) is 4.90 Å². The zero-order chi connectivity index (χ0) is 15.5. The molecule has 0 radical (unpaired) electrons. The summed E-state index contributed by atoms with van der Waals surface area (Å²) in [6.07, 6.45) is 13.3. The Morgan fingerprint density at radius 1 is 1.05 bits per heavy atom. The van der Waals surface area contributed by atoms with Gasteiger partial charge in [-0.1, -0.05) is 64.7 Å². The summed E-state index contributed by atoms with van der Waals surface area (Å²) >= 11 is 0. The van der Waals surface area contributed by atoms with E-state index in [1.165, 1.54) is 57.8 Å². The number of carbonyl (C=O) groups excluding carboxylic acids is 2. The van der Waals surface area contributed by atoms with E-state index in [0.717, 1.165) is 13.0 Å². The number of hydrogen-bond donors (Lipinski definition) is 1. The van der Waals surface area contributed by atoms with Gasteiger partial charge in [-0.25, -0.2) is 0 Å². The van der Waals surface area contributed by atoms with Gasteiger partial charge in [0.1, 0.15) is 0 Å². The van der Waals surface area contributed by atoms with Crippen molar-refractivity contribution in [2.75, 3.05) is 13.1 Å². The van der Waals surface area contributed by atoms with Gasteiger partial charge in [0, 0.05) is 19.5 Å². The number of rotatable bonds is 12. The number of hydrogen-bond acceptors (Lipinski definition) is 2. The second kappa shape index (κ2) is 10.6. The zero-order valence-electron chi connectivity index (χ0n) is 13.6. The normalized spacial score (nSPS) is 18.4. The highest BCUT2D eigenvalue weighted by Crippen LogP contribution is 2.18. The number of unbranched alkanes of at least 4 members (excludes halogenated alkanes) is 9. The van der Waals surface area contributed by atoms with E-state index in [0.29, 0.717) is 13.0 Å². The molecule has 0 saturated carbocycles. The van der Waals surface area contributed by atoms with E-state index in [1.807, 2.05) is 0 Å². The molecule has 2 amide bonds. The lowest BCUT2D eigenvalue weighted by atomic mass is 10.1. The Morgan fingerprint density at radius 2 is 1.57 bits per heavy atom. The van der Waals surface area contributed by atoms with E-state index in [4.69, 9.17) is 5.73 Å². The lowest BCUT2D eigenvalue weighted by molar-refractivity contribution is -0.128. The maximum absolute atomic E-state index is 11.7. The van der Waals surface area contributed by atoms with Crippen LogP contribution in [0.3, 0.4) is 0 Å². The molecule has 1 atom stereocenters. The van der Waals surface area contributed by atoms with Crippen LogP contribution in [0.4, 0.5) is 0 Å². The molecule has 122 valence electrons. The molecule has 2 N–H and O–H groups in total. The highest BCUT2D eigenvalue weighted by Gasteiger charge is 2.32. The molecule has 4 nitrogen and oxygen atoms in total. The summed E-state index contributed by atoms with van der Waals surface area (Å²) in [6, 6.07) is 0. The number of likely N-dealkylation sites (tertiary alicyclic amines) is 1. The molecule has 1 saturated heterocycles. The van der Waals surface area contributed by atoms with Crippen molar-refractivity contribution >= 4 is 11.8 Å². The predicted molar refractivity (Wildman–Crippen MR) is 85.7 cm³/mol. The second-order valence-corrected chi connectivity index (χ2v) is 6.33. The van der Waals surface area contributed by atoms with Crippen LogP contribution in [0.25, 0.3) is 0 Å². The van der Waals surface area contributed by atoms with Crippen LogP contribution >= 0.6 is 0 Å². The monoisotopic (exact) mass is 296 g/mol. The van der Waals surface area contributed by atoms with Gasteiger partial charge in [-0.3, -0.25) is 9.59 Å². The summed E-state index contributed by atoms with van der Waals surface area (Å²) in [7, 11) is 0. The lowest BCUT2D eigenvalue weighted by Crippen LogP contribution is -2.29. The molecule has 1 fully saturated rings. The first-order chi connectivity index (χ1) is 10.1. The number of primary amides is 1. The van der Waals surface area contributed by atoms with Crippen molar-refractivity contribution in [2.45, 2.75) is 77.6 Å². The first-order valence-corrected chi connectivity index (χ1v) is 8.72. The molecule has 1 aliphatic heterocycles. The SMILES string of the molecule is CCCCCCCCCCCCN1CC(C(N)=O)CC1=O. The Morgan fingerprint density at radius 3 is 2.05 bits per heavy atom. The van der Waals surface area contributed by atoms with Crippen molar-refractivity contribution < 1.29 is 9.59 Å². The fraction of sp³-hybridized carbons (Fsp3) is 0.882. The molecular weight excluding hydrogens is 264 g/mol. The van der Waals surface area contributed by atoms with Gasteiger partial charge in [0.05, 0.1) is 5.92 Å². The van der Waals surface area contributed by atoms with Crippen LogP contribution in [0.2, 0.25) is 0 Å². The minimum absolute atomic E-state index is 0.0923. The van der Waals surface area contributed by atoms with Crippen molar-refractivity contribution in [2.24, 2.45) is 11.7 Å². The summed E-state index contributed by atoms with van der Waals surface area (Å²) in [5.41, 5.74) is 5.26. The van der Waals surface area contributed by atoms with Gasteiger partial charge in [0.2, 0.25) is 11.8 Å². The fourth-order valence-corrected chi connectivity index (χ4v) is 2.97. The average molecular weight is 296 g/mol. The van der Waals surface area contributed by atoms with Crippen molar-refractivity contribution in [3.8, 4) is 0 Å². The maximum Gasteiger partial charge on any atom is 0.223 e. The average Bonchev–Trinajstić information content (AvgIpc) is 2.82. The van der Waals surface area contributed by atoms with E-state index in [-0.39, 0.29) is 17.7 Å². The smallest absolute Gasteiger partial charge is 0.223 e. The molecule has 1 heterocycles. The molecule has 21 heavy (non-hydrogen) atoms. The van der Waals surface area contributed by atoms with E-state index in [9.17, 15) is 9.59 Å². The van der Waals surface area contributed by atoms with E-state index in [2.05, 4.69) is 6.92 Å². The van der Waals surface area contributed by atoms with Crippen molar-refractivity contribution in [1.82, 2.24) is 4.90 Å². The Hall–Kier alpha value is -1.06. The second-order valence-electron chi connectivity index (χ2n) is 6.33. The minimum Gasteiger partial charge on any atom is -0.369 e.